The quantitative estimate of drug-likeness (QED) is 0.470. The second-order valence-electron chi connectivity index (χ2n) is 2.31. The number of aliphatic hydroxyl groups is 2. The van der Waals surface area contributed by atoms with Gasteiger partial charge in [-0.25, -0.2) is 0 Å². The van der Waals surface area contributed by atoms with Gasteiger partial charge in [0.25, 0.3) is 10.1 Å². The van der Waals surface area contributed by atoms with Crippen LogP contribution in [-0.4, -0.2) is 42.2 Å². The van der Waals surface area contributed by atoms with E-state index in [2.05, 4.69) is 0 Å². The maximum Gasteiger partial charge on any atom is 0.264 e. The normalized spacial score (nSPS) is 12.4. The average molecular weight is 184 g/mol. The van der Waals surface area contributed by atoms with Crippen molar-refractivity contribution in [3.05, 3.63) is 0 Å². The lowest BCUT2D eigenvalue weighted by atomic mass is 10.1. The van der Waals surface area contributed by atoms with Crippen LogP contribution in [0.25, 0.3) is 0 Å². The summed E-state index contributed by atoms with van der Waals surface area (Å²) in [6.07, 6.45) is 0.0752. The molecule has 0 heterocycles. The standard InChI is InChI=1S/C5H12O5S/c6-3-5(4-7)1-2-11(8,9)10/h5-7H,1-4H2,(H,8,9,10). The van der Waals surface area contributed by atoms with Gasteiger partial charge in [0.2, 0.25) is 0 Å². The summed E-state index contributed by atoms with van der Waals surface area (Å²) < 4.78 is 28.6. The maximum atomic E-state index is 10.2. The minimum atomic E-state index is -3.96. The predicted molar refractivity (Wildman–Crippen MR) is 38.7 cm³/mol. The smallest absolute Gasteiger partial charge is 0.264 e. The first-order valence-electron chi connectivity index (χ1n) is 3.16. The predicted octanol–water partition coefficient (Wildman–Crippen LogP) is -1.13. The topological polar surface area (TPSA) is 94.8 Å². The molecule has 0 saturated carbocycles. The van der Waals surface area contributed by atoms with Crippen LogP contribution in [0.2, 0.25) is 0 Å². The van der Waals surface area contributed by atoms with E-state index in [1.54, 1.807) is 0 Å². The van der Waals surface area contributed by atoms with Crippen molar-refractivity contribution in [3.63, 3.8) is 0 Å². The molecule has 0 aliphatic carbocycles. The first kappa shape index (κ1) is 10.8. The molecule has 0 spiro atoms. The zero-order valence-electron chi connectivity index (χ0n) is 5.97. The van der Waals surface area contributed by atoms with Gasteiger partial charge in [-0.3, -0.25) is 4.55 Å². The fourth-order valence-electron chi connectivity index (χ4n) is 0.556. The molecule has 0 aliphatic heterocycles. The van der Waals surface area contributed by atoms with Crippen LogP contribution < -0.4 is 0 Å². The van der Waals surface area contributed by atoms with Crippen molar-refractivity contribution in [3.8, 4) is 0 Å². The van der Waals surface area contributed by atoms with Gasteiger partial charge in [0.05, 0.1) is 5.75 Å². The third-order valence-electron chi connectivity index (χ3n) is 1.30. The zero-order valence-corrected chi connectivity index (χ0v) is 6.79. The second-order valence-corrected chi connectivity index (χ2v) is 3.88. The van der Waals surface area contributed by atoms with Gasteiger partial charge in [-0.2, -0.15) is 8.42 Å². The third kappa shape index (κ3) is 6.24. The van der Waals surface area contributed by atoms with Crippen LogP contribution in [0.5, 0.6) is 0 Å². The first-order chi connectivity index (χ1) is 4.99. The van der Waals surface area contributed by atoms with Crippen LogP contribution >= 0.6 is 0 Å². The average Bonchev–Trinajstić information content (AvgIpc) is 1.88. The van der Waals surface area contributed by atoms with E-state index in [-0.39, 0.29) is 19.6 Å². The number of aliphatic hydroxyl groups excluding tert-OH is 2. The van der Waals surface area contributed by atoms with E-state index >= 15 is 0 Å². The van der Waals surface area contributed by atoms with Crippen molar-refractivity contribution in [1.29, 1.82) is 0 Å². The molecule has 0 atom stereocenters. The molecule has 68 valence electrons. The molecule has 0 unspecified atom stereocenters. The van der Waals surface area contributed by atoms with Crippen LogP contribution in [0.4, 0.5) is 0 Å². The zero-order chi connectivity index (χ0) is 8.91. The molecule has 0 aliphatic rings. The van der Waals surface area contributed by atoms with Crippen LogP contribution in [0.1, 0.15) is 6.42 Å². The Labute approximate surface area is 65.4 Å². The highest BCUT2D eigenvalue weighted by Gasteiger charge is 2.11. The van der Waals surface area contributed by atoms with Gasteiger partial charge in [0.15, 0.2) is 0 Å². The van der Waals surface area contributed by atoms with E-state index < -0.39 is 21.8 Å². The fourth-order valence-corrected chi connectivity index (χ4v) is 1.19. The Morgan fingerprint density at radius 2 is 1.64 bits per heavy atom. The highest BCUT2D eigenvalue weighted by Crippen LogP contribution is 2.02. The lowest BCUT2D eigenvalue weighted by Crippen LogP contribution is -2.16. The summed E-state index contributed by atoms with van der Waals surface area (Å²) in [7, 11) is -3.96. The molecule has 3 N–H and O–H groups in total. The number of rotatable bonds is 5. The van der Waals surface area contributed by atoms with E-state index in [4.69, 9.17) is 14.8 Å². The monoisotopic (exact) mass is 184 g/mol. The molecule has 0 aromatic carbocycles. The van der Waals surface area contributed by atoms with Gasteiger partial charge in [-0.05, 0) is 6.42 Å². The summed E-state index contributed by atoms with van der Waals surface area (Å²) in [5.41, 5.74) is 0. The van der Waals surface area contributed by atoms with E-state index in [0.717, 1.165) is 0 Å². The van der Waals surface area contributed by atoms with Gasteiger partial charge in [0.1, 0.15) is 0 Å². The SMILES string of the molecule is O=S(=O)(O)CCC(CO)CO. The molecule has 0 fully saturated rings. The molecular weight excluding hydrogens is 172 g/mol. The van der Waals surface area contributed by atoms with E-state index in [0.29, 0.717) is 0 Å². The van der Waals surface area contributed by atoms with Crippen molar-refractivity contribution in [1.82, 2.24) is 0 Å². The molecule has 0 saturated heterocycles. The Kier molecular flexibility index (Phi) is 4.58. The fraction of sp³-hybridized carbons (Fsp3) is 1.00. The minimum Gasteiger partial charge on any atom is -0.396 e. The summed E-state index contributed by atoms with van der Waals surface area (Å²) in [6, 6.07) is 0. The van der Waals surface area contributed by atoms with Gasteiger partial charge in [0, 0.05) is 19.1 Å². The molecule has 0 amide bonds. The molecule has 6 heteroatoms. The van der Waals surface area contributed by atoms with Crippen LogP contribution in [-0.2, 0) is 10.1 Å². The summed E-state index contributed by atoms with van der Waals surface area (Å²) >= 11 is 0. The van der Waals surface area contributed by atoms with Gasteiger partial charge < -0.3 is 10.2 Å². The molecule has 0 aromatic heterocycles. The van der Waals surface area contributed by atoms with E-state index in [1.807, 2.05) is 0 Å². The molecule has 11 heavy (non-hydrogen) atoms. The Bertz CT molecular complexity index is 181. The van der Waals surface area contributed by atoms with Crippen molar-refractivity contribution >= 4 is 10.1 Å². The minimum absolute atomic E-state index is 0.0752. The van der Waals surface area contributed by atoms with E-state index in [1.165, 1.54) is 0 Å². The molecule has 0 aromatic rings. The number of hydrogen-bond acceptors (Lipinski definition) is 4. The summed E-state index contributed by atoms with van der Waals surface area (Å²) in [5, 5.41) is 17.0. The highest BCUT2D eigenvalue weighted by molar-refractivity contribution is 7.85. The van der Waals surface area contributed by atoms with Crippen LogP contribution in [0.3, 0.4) is 0 Å². The molecule has 0 rings (SSSR count). The largest absolute Gasteiger partial charge is 0.396 e. The molecular formula is C5H12O5S. The number of hydrogen-bond donors (Lipinski definition) is 3. The maximum absolute atomic E-state index is 10.2. The lowest BCUT2D eigenvalue weighted by molar-refractivity contribution is 0.147. The Morgan fingerprint density at radius 3 is 1.91 bits per heavy atom. The lowest BCUT2D eigenvalue weighted by Gasteiger charge is -2.07. The second kappa shape index (κ2) is 4.66. The first-order valence-corrected chi connectivity index (χ1v) is 4.77. The molecule has 0 bridgehead atoms. The van der Waals surface area contributed by atoms with Gasteiger partial charge in [-0.1, -0.05) is 0 Å². The molecule has 5 nitrogen and oxygen atoms in total. The van der Waals surface area contributed by atoms with Crippen molar-refractivity contribution < 1.29 is 23.2 Å². The third-order valence-corrected chi connectivity index (χ3v) is 2.05. The van der Waals surface area contributed by atoms with Crippen molar-refractivity contribution in [2.45, 2.75) is 6.42 Å². The van der Waals surface area contributed by atoms with Crippen LogP contribution in [0, 0.1) is 5.92 Å². The Hall–Kier alpha value is -0.170. The van der Waals surface area contributed by atoms with Gasteiger partial charge in [-0.15, -0.1) is 0 Å². The Balaban J connectivity index is 3.69. The van der Waals surface area contributed by atoms with Gasteiger partial charge >= 0.3 is 0 Å². The Morgan fingerprint density at radius 1 is 1.18 bits per heavy atom. The van der Waals surface area contributed by atoms with Crippen molar-refractivity contribution in [2.75, 3.05) is 19.0 Å². The summed E-state index contributed by atoms with van der Waals surface area (Å²) in [6.45, 7) is -0.544. The van der Waals surface area contributed by atoms with Crippen LogP contribution in [0.15, 0.2) is 0 Å². The highest BCUT2D eigenvalue weighted by atomic mass is 32.2. The van der Waals surface area contributed by atoms with Crippen molar-refractivity contribution in [2.24, 2.45) is 5.92 Å². The molecule has 0 radical (unpaired) electrons. The van der Waals surface area contributed by atoms with E-state index in [9.17, 15) is 8.42 Å². The summed E-state index contributed by atoms with van der Waals surface area (Å²) in [5.74, 6) is -0.879. The summed E-state index contributed by atoms with van der Waals surface area (Å²) in [4.78, 5) is 0.